The number of nitrogen functional groups attached to an aromatic ring is 1. The largest absolute Gasteiger partial charge is 0.477 e. The van der Waals surface area contributed by atoms with Gasteiger partial charge in [-0.05, 0) is 25.5 Å². The lowest BCUT2D eigenvalue weighted by atomic mass is 10.0. The number of rotatable bonds is 11. The first-order valence-electron chi connectivity index (χ1n) is 10.4. The highest BCUT2D eigenvalue weighted by Crippen LogP contribution is 2.41. The third kappa shape index (κ3) is 5.61. The van der Waals surface area contributed by atoms with E-state index in [2.05, 4.69) is 30.0 Å². The maximum Gasteiger partial charge on any atom is 0.352 e. The fourth-order valence-electron chi connectivity index (χ4n) is 3.26. The van der Waals surface area contributed by atoms with E-state index in [0.717, 1.165) is 16.5 Å². The standard InChI is InChI=1S/C18H21N9O5S4/c1-7-23-24-18(35-7)34-6-8-5-33-15-10(14(29)27(15)11(8)16(30)31)21-13(28)9(25-32-4-2-3-19)12-22-17(20)36-26-12/h10,15H,2-6,19H2,1H3,(H,21,28)(H,30,31)(H2,20,22,26)/t10?,15-/m1/s1. The summed E-state index contributed by atoms with van der Waals surface area (Å²) in [7, 11) is 0. The minimum absolute atomic E-state index is 0.0416. The van der Waals surface area contributed by atoms with E-state index in [1.165, 1.54) is 39.8 Å². The summed E-state index contributed by atoms with van der Waals surface area (Å²) in [4.78, 5) is 48.3. The lowest BCUT2D eigenvalue weighted by Gasteiger charge is -2.49. The number of nitrogens with zero attached hydrogens (tertiary/aromatic N) is 6. The number of aryl methyl sites for hydroxylation is 1. The summed E-state index contributed by atoms with van der Waals surface area (Å²) >= 11 is 5.02. The van der Waals surface area contributed by atoms with Crippen molar-refractivity contribution in [3.63, 3.8) is 0 Å². The molecule has 2 aliphatic heterocycles. The molecule has 1 saturated heterocycles. The van der Waals surface area contributed by atoms with Crippen LogP contribution in [0.2, 0.25) is 0 Å². The van der Waals surface area contributed by atoms with Gasteiger partial charge in [0.2, 0.25) is 11.5 Å². The molecule has 192 valence electrons. The number of β-lactam (4-membered cyclic amide) rings is 1. The molecule has 14 nitrogen and oxygen atoms in total. The average Bonchev–Trinajstić information content (AvgIpc) is 3.47. The molecule has 0 spiro atoms. The van der Waals surface area contributed by atoms with E-state index < -0.39 is 29.2 Å². The van der Waals surface area contributed by atoms with Crippen molar-refractivity contribution in [3.8, 4) is 0 Å². The Morgan fingerprint density at radius 2 is 2.19 bits per heavy atom. The highest BCUT2D eigenvalue weighted by molar-refractivity contribution is 8.01. The Morgan fingerprint density at radius 3 is 2.83 bits per heavy atom. The molecule has 0 aromatic carbocycles. The number of oxime groups is 1. The summed E-state index contributed by atoms with van der Waals surface area (Å²) in [5, 5.41) is 24.6. The van der Waals surface area contributed by atoms with Crippen LogP contribution < -0.4 is 16.8 Å². The molecule has 2 aromatic heterocycles. The normalized spacial score (nSPS) is 19.7. The smallest absolute Gasteiger partial charge is 0.352 e. The molecule has 1 fully saturated rings. The van der Waals surface area contributed by atoms with Gasteiger partial charge >= 0.3 is 5.97 Å². The highest BCUT2D eigenvalue weighted by Gasteiger charge is 2.54. The van der Waals surface area contributed by atoms with E-state index in [9.17, 15) is 19.5 Å². The minimum Gasteiger partial charge on any atom is -0.477 e. The number of nitrogens with two attached hydrogens (primary N) is 2. The number of aromatic nitrogens is 4. The lowest BCUT2D eigenvalue weighted by Crippen LogP contribution is -2.71. The Labute approximate surface area is 221 Å². The molecule has 2 amide bonds. The molecular formula is C18H21N9O5S4. The number of carboxylic acids is 1. The number of fused-ring (bicyclic) bond motifs is 1. The first-order chi connectivity index (χ1) is 17.3. The molecule has 2 aliphatic rings. The zero-order valence-corrected chi connectivity index (χ0v) is 22.0. The van der Waals surface area contributed by atoms with Crippen LogP contribution in [0, 0.1) is 6.92 Å². The third-order valence-electron chi connectivity index (χ3n) is 4.88. The molecule has 6 N–H and O–H groups in total. The number of carboxylic acid groups (broad SMARTS) is 1. The summed E-state index contributed by atoms with van der Waals surface area (Å²) in [6.07, 6.45) is 0.517. The van der Waals surface area contributed by atoms with E-state index in [1.807, 2.05) is 6.92 Å². The molecule has 2 atom stereocenters. The predicted molar refractivity (Wildman–Crippen MR) is 136 cm³/mol. The number of aliphatic carboxylic acids is 1. The van der Waals surface area contributed by atoms with E-state index in [1.54, 1.807) is 0 Å². The van der Waals surface area contributed by atoms with Crippen molar-refractivity contribution in [3.05, 3.63) is 22.1 Å². The van der Waals surface area contributed by atoms with Crippen LogP contribution in [0.5, 0.6) is 0 Å². The van der Waals surface area contributed by atoms with Gasteiger partial charge < -0.3 is 26.7 Å². The quantitative estimate of drug-likeness (QED) is 0.0911. The monoisotopic (exact) mass is 571 g/mol. The maximum atomic E-state index is 13.0. The van der Waals surface area contributed by atoms with Crippen LogP contribution >= 0.6 is 46.4 Å². The van der Waals surface area contributed by atoms with E-state index in [-0.39, 0.29) is 29.0 Å². The van der Waals surface area contributed by atoms with Gasteiger partial charge in [-0.2, -0.15) is 9.36 Å². The second-order valence-corrected chi connectivity index (χ2v) is 11.7. The van der Waals surface area contributed by atoms with Crippen molar-refractivity contribution >= 4 is 75.0 Å². The van der Waals surface area contributed by atoms with Gasteiger partial charge in [-0.3, -0.25) is 14.5 Å². The Balaban J connectivity index is 1.47. The zero-order chi connectivity index (χ0) is 25.8. The molecule has 1 unspecified atom stereocenters. The van der Waals surface area contributed by atoms with Crippen LogP contribution in [0.3, 0.4) is 0 Å². The Bertz CT molecular complexity index is 1230. The second kappa shape index (κ2) is 11.5. The van der Waals surface area contributed by atoms with Crippen molar-refractivity contribution in [2.45, 2.75) is 29.1 Å². The van der Waals surface area contributed by atoms with Gasteiger partial charge in [0.25, 0.3) is 11.8 Å². The number of hydrogen-bond acceptors (Lipinski definition) is 15. The summed E-state index contributed by atoms with van der Waals surface area (Å²) < 4.78 is 4.71. The Hall–Kier alpha value is -2.80. The van der Waals surface area contributed by atoms with Crippen molar-refractivity contribution in [1.82, 2.24) is 29.8 Å². The number of thioether (sulfide) groups is 2. The van der Waals surface area contributed by atoms with Crippen LogP contribution in [0.25, 0.3) is 0 Å². The molecule has 4 rings (SSSR count). The second-order valence-electron chi connectivity index (χ2n) is 7.37. The molecule has 0 saturated carbocycles. The number of amides is 2. The van der Waals surface area contributed by atoms with Gasteiger partial charge in [-0.25, -0.2) is 4.79 Å². The van der Waals surface area contributed by atoms with E-state index in [4.69, 9.17) is 16.3 Å². The predicted octanol–water partition coefficient (Wildman–Crippen LogP) is -0.119. The summed E-state index contributed by atoms with van der Waals surface area (Å²) in [6, 6.07) is -0.956. The maximum absolute atomic E-state index is 13.0. The van der Waals surface area contributed by atoms with Crippen LogP contribution in [-0.4, -0.2) is 89.1 Å². The van der Waals surface area contributed by atoms with E-state index in [0.29, 0.717) is 34.4 Å². The lowest BCUT2D eigenvalue weighted by molar-refractivity contribution is -0.150. The van der Waals surface area contributed by atoms with Gasteiger partial charge in [0.15, 0.2) is 9.47 Å². The molecular weight excluding hydrogens is 551 g/mol. The van der Waals surface area contributed by atoms with Gasteiger partial charge in [0.1, 0.15) is 28.7 Å². The molecule has 0 bridgehead atoms. The van der Waals surface area contributed by atoms with Crippen LogP contribution in [0.4, 0.5) is 5.13 Å². The number of hydrogen-bond donors (Lipinski definition) is 4. The fraction of sp³-hybridized carbons (Fsp3) is 0.444. The summed E-state index contributed by atoms with van der Waals surface area (Å²) in [6.45, 7) is 2.38. The van der Waals surface area contributed by atoms with Crippen molar-refractivity contribution in [2.24, 2.45) is 10.9 Å². The summed E-state index contributed by atoms with van der Waals surface area (Å²) in [5.74, 6) is -1.81. The summed E-state index contributed by atoms with van der Waals surface area (Å²) in [5.41, 5.74) is 11.3. The van der Waals surface area contributed by atoms with Crippen LogP contribution in [-0.2, 0) is 19.2 Å². The number of anilines is 1. The fourth-order valence-corrected chi connectivity index (χ4v) is 7.00. The molecule has 36 heavy (non-hydrogen) atoms. The highest BCUT2D eigenvalue weighted by atomic mass is 32.2. The topological polar surface area (TPSA) is 212 Å². The van der Waals surface area contributed by atoms with Crippen molar-refractivity contribution in [1.29, 1.82) is 0 Å². The van der Waals surface area contributed by atoms with E-state index >= 15 is 0 Å². The molecule has 4 heterocycles. The molecule has 0 radical (unpaired) electrons. The van der Waals surface area contributed by atoms with Crippen LogP contribution in [0.15, 0.2) is 20.8 Å². The molecule has 2 aromatic rings. The molecule has 0 aliphatic carbocycles. The van der Waals surface area contributed by atoms with Gasteiger partial charge in [0.05, 0.1) is 0 Å². The van der Waals surface area contributed by atoms with Crippen molar-refractivity contribution in [2.75, 3.05) is 30.4 Å². The van der Waals surface area contributed by atoms with Gasteiger partial charge in [-0.15, -0.1) is 22.0 Å². The minimum atomic E-state index is -1.21. The third-order valence-corrected chi connectivity index (χ3v) is 8.82. The van der Waals surface area contributed by atoms with Gasteiger partial charge in [-0.1, -0.05) is 28.3 Å². The van der Waals surface area contributed by atoms with Crippen molar-refractivity contribution < 1.29 is 24.3 Å². The van der Waals surface area contributed by atoms with Gasteiger partial charge in [0, 0.05) is 23.0 Å². The molecule has 18 heteroatoms. The first kappa shape index (κ1) is 26.3. The SMILES string of the molecule is Cc1nnc(SCC2=C(C(=O)O)N3C(=O)C(NC(=O)C(=NOCCCN)c4nsc(N)n4)[C@H]3SC2)s1. The number of carbonyl (C=O) groups is 3. The average molecular weight is 572 g/mol. The zero-order valence-electron chi connectivity index (χ0n) is 18.7. The van der Waals surface area contributed by atoms with Crippen LogP contribution in [0.1, 0.15) is 17.3 Å². The number of carbonyl (C=O) groups excluding carboxylic acids is 2. The first-order valence-corrected chi connectivity index (χ1v) is 14.1. The Morgan fingerprint density at radius 1 is 1.39 bits per heavy atom. The number of nitrogens with one attached hydrogen (secondary N) is 1. The Kier molecular flexibility index (Phi) is 8.39.